The summed E-state index contributed by atoms with van der Waals surface area (Å²) in [5, 5.41) is 3.14. The molecule has 0 bridgehead atoms. The first-order chi connectivity index (χ1) is 8.29. The predicted octanol–water partition coefficient (Wildman–Crippen LogP) is 2.64. The van der Waals surface area contributed by atoms with Crippen molar-refractivity contribution < 1.29 is 4.42 Å². The topological polar surface area (TPSA) is 28.4 Å². The predicted molar refractivity (Wildman–Crippen MR) is 70.0 cm³/mol. The molecule has 0 radical (unpaired) electrons. The molecule has 17 heavy (non-hydrogen) atoms. The van der Waals surface area contributed by atoms with Gasteiger partial charge in [0.15, 0.2) is 0 Å². The second-order valence-corrected chi connectivity index (χ2v) is 4.13. The van der Waals surface area contributed by atoms with Gasteiger partial charge in [-0.25, -0.2) is 0 Å². The van der Waals surface area contributed by atoms with E-state index in [2.05, 4.69) is 41.5 Å². The first-order valence-electron chi connectivity index (χ1n) is 5.76. The molecule has 0 saturated carbocycles. The Morgan fingerprint density at radius 1 is 1.18 bits per heavy atom. The molecule has 0 unspecified atom stereocenters. The van der Waals surface area contributed by atoms with Crippen molar-refractivity contribution in [1.29, 1.82) is 0 Å². The van der Waals surface area contributed by atoms with Gasteiger partial charge in [-0.15, -0.1) is 0 Å². The van der Waals surface area contributed by atoms with Crippen LogP contribution in [0.15, 0.2) is 47.1 Å². The molecule has 90 valence electrons. The molecule has 1 N–H and O–H groups in total. The van der Waals surface area contributed by atoms with E-state index in [4.69, 9.17) is 4.42 Å². The largest absolute Gasteiger partial charge is 0.467 e. The molecule has 2 aromatic rings. The zero-order chi connectivity index (χ0) is 12.1. The third-order valence-electron chi connectivity index (χ3n) is 2.73. The molecule has 2 rings (SSSR count). The van der Waals surface area contributed by atoms with Crippen LogP contribution >= 0.6 is 0 Å². The number of rotatable bonds is 5. The summed E-state index contributed by atoms with van der Waals surface area (Å²) in [6, 6.07) is 12.5. The van der Waals surface area contributed by atoms with Crippen molar-refractivity contribution in [2.75, 3.05) is 19.0 Å². The Labute approximate surface area is 102 Å². The number of anilines is 1. The molecule has 1 aromatic carbocycles. The summed E-state index contributed by atoms with van der Waals surface area (Å²) in [4.78, 5) is 2.17. The maximum absolute atomic E-state index is 5.34. The van der Waals surface area contributed by atoms with Crippen LogP contribution < -0.4 is 10.2 Å². The molecule has 3 heteroatoms. The molecule has 0 fully saturated rings. The summed E-state index contributed by atoms with van der Waals surface area (Å²) >= 11 is 0. The van der Waals surface area contributed by atoms with Crippen molar-refractivity contribution in [3.63, 3.8) is 0 Å². The second kappa shape index (κ2) is 5.55. The van der Waals surface area contributed by atoms with Gasteiger partial charge in [0, 0.05) is 19.3 Å². The highest BCUT2D eigenvalue weighted by molar-refractivity contribution is 5.47. The van der Waals surface area contributed by atoms with E-state index < -0.39 is 0 Å². The molecule has 1 heterocycles. The molecule has 0 aliphatic rings. The lowest BCUT2D eigenvalue weighted by atomic mass is 10.2. The van der Waals surface area contributed by atoms with Crippen LogP contribution in [-0.2, 0) is 13.1 Å². The van der Waals surface area contributed by atoms with Crippen molar-refractivity contribution in [2.24, 2.45) is 0 Å². The SMILES string of the molecule is CNCc1ccc(N(C)Cc2ccco2)cc1. The molecule has 0 saturated heterocycles. The van der Waals surface area contributed by atoms with E-state index in [9.17, 15) is 0 Å². The van der Waals surface area contributed by atoms with Gasteiger partial charge in [-0.1, -0.05) is 12.1 Å². The Balaban J connectivity index is 2.01. The zero-order valence-electron chi connectivity index (χ0n) is 10.3. The molecule has 0 atom stereocenters. The van der Waals surface area contributed by atoms with Crippen molar-refractivity contribution in [2.45, 2.75) is 13.1 Å². The van der Waals surface area contributed by atoms with Crippen molar-refractivity contribution in [3.8, 4) is 0 Å². The van der Waals surface area contributed by atoms with Gasteiger partial charge in [-0.2, -0.15) is 0 Å². The fourth-order valence-corrected chi connectivity index (χ4v) is 1.80. The van der Waals surface area contributed by atoms with Crippen LogP contribution in [0, 0.1) is 0 Å². The van der Waals surface area contributed by atoms with Crippen LogP contribution in [0.1, 0.15) is 11.3 Å². The van der Waals surface area contributed by atoms with Crippen molar-refractivity contribution in [1.82, 2.24) is 5.32 Å². The lowest BCUT2D eigenvalue weighted by Gasteiger charge is -2.18. The van der Waals surface area contributed by atoms with E-state index in [0.29, 0.717) is 0 Å². The minimum Gasteiger partial charge on any atom is -0.467 e. The first kappa shape index (κ1) is 11.7. The van der Waals surface area contributed by atoms with Gasteiger partial charge >= 0.3 is 0 Å². The molecule has 3 nitrogen and oxygen atoms in total. The maximum Gasteiger partial charge on any atom is 0.123 e. The smallest absolute Gasteiger partial charge is 0.123 e. The van der Waals surface area contributed by atoms with Gasteiger partial charge in [0.25, 0.3) is 0 Å². The van der Waals surface area contributed by atoms with E-state index >= 15 is 0 Å². The minimum absolute atomic E-state index is 0.790. The fraction of sp³-hybridized carbons (Fsp3) is 0.286. The van der Waals surface area contributed by atoms with Gasteiger partial charge in [-0.3, -0.25) is 0 Å². The molecular weight excluding hydrogens is 212 g/mol. The van der Waals surface area contributed by atoms with E-state index in [1.54, 1.807) is 6.26 Å². The molecule has 0 amide bonds. The first-order valence-corrected chi connectivity index (χ1v) is 5.76. The summed E-state index contributed by atoms with van der Waals surface area (Å²) in [7, 11) is 4.02. The van der Waals surface area contributed by atoms with Crippen LogP contribution in [0.3, 0.4) is 0 Å². The maximum atomic E-state index is 5.34. The lowest BCUT2D eigenvalue weighted by molar-refractivity contribution is 0.507. The Kier molecular flexibility index (Phi) is 3.83. The van der Waals surface area contributed by atoms with E-state index in [-0.39, 0.29) is 0 Å². The number of hydrogen-bond acceptors (Lipinski definition) is 3. The summed E-state index contributed by atoms with van der Waals surface area (Å²) in [5.74, 6) is 0.979. The highest BCUT2D eigenvalue weighted by Crippen LogP contribution is 2.16. The molecule has 1 aromatic heterocycles. The van der Waals surface area contributed by atoms with Crippen LogP contribution in [0.25, 0.3) is 0 Å². The number of furan rings is 1. The molecular formula is C14H18N2O. The van der Waals surface area contributed by atoms with Gasteiger partial charge in [-0.05, 0) is 36.9 Å². The normalized spacial score (nSPS) is 10.5. The average Bonchev–Trinajstić information content (AvgIpc) is 2.83. The Morgan fingerprint density at radius 2 is 1.94 bits per heavy atom. The Hall–Kier alpha value is -1.74. The quantitative estimate of drug-likeness (QED) is 0.856. The Morgan fingerprint density at radius 3 is 2.53 bits per heavy atom. The van der Waals surface area contributed by atoms with Gasteiger partial charge in [0.1, 0.15) is 5.76 Å². The monoisotopic (exact) mass is 230 g/mol. The van der Waals surface area contributed by atoms with Gasteiger partial charge in [0.2, 0.25) is 0 Å². The van der Waals surface area contributed by atoms with E-state index in [1.165, 1.54) is 11.3 Å². The lowest BCUT2D eigenvalue weighted by Crippen LogP contribution is -2.16. The third kappa shape index (κ3) is 3.11. The molecule has 0 spiro atoms. The highest BCUT2D eigenvalue weighted by Gasteiger charge is 2.03. The van der Waals surface area contributed by atoms with Crippen molar-refractivity contribution in [3.05, 3.63) is 54.0 Å². The summed E-state index contributed by atoms with van der Waals surface area (Å²) in [5.41, 5.74) is 2.49. The average molecular weight is 230 g/mol. The van der Waals surface area contributed by atoms with Gasteiger partial charge in [0.05, 0.1) is 12.8 Å². The zero-order valence-corrected chi connectivity index (χ0v) is 10.3. The van der Waals surface area contributed by atoms with E-state index in [0.717, 1.165) is 18.8 Å². The molecule has 0 aliphatic heterocycles. The number of hydrogen-bond donors (Lipinski definition) is 1. The third-order valence-corrected chi connectivity index (χ3v) is 2.73. The Bertz CT molecular complexity index is 434. The van der Waals surface area contributed by atoms with Crippen LogP contribution in [0.4, 0.5) is 5.69 Å². The van der Waals surface area contributed by atoms with Crippen LogP contribution in [-0.4, -0.2) is 14.1 Å². The fourth-order valence-electron chi connectivity index (χ4n) is 1.80. The van der Waals surface area contributed by atoms with E-state index in [1.807, 2.05) is 19.2 Å². The standard InChI is InChI=1S/C14H18N2O/c1-15-10-12-5-7-13(8-6-12)16(2)11-14-4-3-9-17-14/h3-9,15H,10-11H2,1-2H3. The van der Waals surface area contributed by atoms with Crippen LogP contribution in [0.5, 0.6) is 0 Å². The van der Waals surface area contributed by atoms with Crippen LogP contribution in [0.2, 0.25) is 0 Å². The highest BCUT2D eigenvalue weighted by atomic mass is 16.3. The van der Waals surface area contributed by atoms with Gasteiger partial charge < -0.3 is 14.6 Å². The minimum atomic E-state index is 0.790. The second-order valence-electron chi connectivity index (χ2n) is 4.13. The number of nitrogens with zero attached hydrogens (tertiary/aromatic N) is 1. The van der Waals surface area contributed by atoms with Crippen molar-refractivity contribution >= 4 is 5.69 Å². The summed E-state index contributed by atoms with van der Waals surface area (Å²) in [6.07, 6.45) is 1.71. The molecule has 0 aliphatic carbocycles. The summed E-state index contributed by atoms with van der Waals surface area (Å²) in [6.45, 7) is 1.69. The number of nitrogens with one attached hydrogen (secondary N) is 1. The summed E-state index contributed by atoms with van der Waals surface area (Å²) < 4.78 is 5.34. The number of benzene rings is 1.